The van der Waals surface area contributed by atoms with Gasteiger partial charge in [-0.2, -0.15) is 0 Å². The fourth-order valence-electron chi connectivity index (χ4n) is 6.62. The third kappa shape index (κ3) is 22.0. The fraction of sp³-hybridized carbons (Fsp3) is 0.850. The molecule has 2 heterocycles. The van der Waals surface area contributed by atoms with Gasteiger partial charge in [-0.25, -0.2) is 18.3 Å². The maximum Gasteiger partial charge on any atom is 0.243 e. The van der Waals surface area contributed by atoms with Gasteiger partial charge in [-0.15, -0.1) is 0 Å². The molecule has 4 heteroatoms. The van der Waals surface area contributed by atoms with Crippen molar-refractivity contribution in [2.75, 3.05) is 0 Å². The Hall–Kier alpha value is -1.58. The first kappa shape index (κ1) is 38.6. The van der Waals surface area contributed by atoms with Crippen molar-refractivity contribution in [2.24, 2.45) is 0 Å². The molecule has 0 aliphatic rings. The quantitative estimate of drug-likeness (QED) is 0.0563. The maximum atomic E-state index is 2.38. The minimum Gasteiger partial charge on any atom is -0.237 e. The zero-order valence-corrected chi connectivity index (χ0v) is 29.9. The van der Waals surface area contributed by atoms with E-state index in [4.69, 9.17) is 0 Å². The van der Waals surface area contributed by atoms with Crippen LogP contribution in [-0.2, 0) is 26.2 Å². The van der Waals surface area contributed by atoms with E-state index in [-0.39, 0.29) is 0 Å². The first-order chi connectivity index (χ1) is 21.8. The molecule has 254 valence electrons. The van der Waals surface area contributed by atoms with Gasteiger partial charge in [0.25, 0.3) is 0 Å². The molecule has 0 bridgehead atoms. The highest BCUT2D eigenvalue weighted by molar-refractivity contribution is 4.70. The first-order valence-electron chi connectivity index (χ1n) is 19.9. The van der Waals surface area contributed by atoms with E-state index in [2.05, 4.69) is 69.6 Å². The number of aromatic nitrogens is 4. The van der Waals surface area contributed by atoms with Crippen LogP contribution in [0.5, 0.6) is 0 Å². The summed E-state index contributed by atoms with van der Waals surface area (Å²) >= 11 is 0. The van der Waals surface area contributed by atoms with Crippen molar-refractivity contribution in [2.45, 2.75) is 220 Å². The summed E-state index contributed by atoms with van der Waals surface area (Å²) in [5.41, 5.74) is 0. The molecule has 0 unspecified atom stereocenters. The lowest BCUT2D eigenvalue weighted by Gasteiger charge is -2.03. The number of unbranched alkanes of at least 4 members (excludes halogenated alkanes) is 26. The predicted octanol–water partition coefficient (Wildman–Crippen LogP) is 11.5. The molecule has 0 saturated carbocycles. The number of hydrogen-bond donors (Lipinski definition) is 0. The second-order valence-electron chi connectivity index (χ2n) is 14.0. The van der Waals surface area contributed by atoms with Crippen LogP contribution in [0.15, 0.2) is 37.4 Å². The Bertz CT molecular complexity index is 783. The Labute approximate surface area is 275 Å². The van der Waals surface area contributed by atoms with Crippen LogP contribution < -0.4 is 9.13 Å². The first-order valence-corrected chi connectivity index (χ1v) is 19.9. The monoisotopic (exact) mass is 613 g/mol. The van der Waals surface area contributed by atoms with E-state index in [9.17, 15) is 0 Å². The largest absolute Gasteiger partial charge is 0.243 e. The van der Waals surface area contributed by atoms with E-state index >= 15 is 0 Å². The Morgan fingerprint density at radius 3 is 0.864 bits per heavy atom. The third-order valence-corrected chi connectivity index (χ3v) is 9.65. The second-order valence-corrected chi connectivity index (χ2v) is 14.0. The molecule has 4 nitrogen and oxygen atoms in total. The molecule has 0 spiro atoms. The zero-order chi connectivity index (χ0) is 31.2. The summed E-state index contributed by atoms with van der Waals surface area (Å²) in [7, 11) is 0. The second kappa shape index (κ2) is 28.9. The molecule has 0 N–H and O–H groups in total. The van der Waals surface area contributed by atoms with Crippen LogP contribution in [-0.4, -0.2) is 9.13 Å². The highest BCUT2D eigenvalue weighted by Gasteiger charge is 2.08. The van der Waals surface area contributed by atoms with Gasteiger partial charge in [0, 0.05) is 0 Å². The molecule has 0 atom stereocenters. The van der Waals surface area contributed by atoms with Crippen LogP contribution in [0.2, 0.25) is 0 Å². The van der Waals surface area contributed by atoms with Gasteiger partial charge < -0.3 is 0 Å². The maximum absolute atomic E-state index is 2.38. The van der Waals surface area contributed by atoms with Crippen LogP contribution in [0.1, 0.15) is 194 Å². The van der Waals surface area contributed by atoms with E-state index in [1.807, 2.05) is 0 Å². The van der Waals surface area contributed by atoms with Crippen molar-refractivity contribution in [1.82, 2.24) is 9.13 Å². The highest BCUT2D eigenvalue weighted by Crippen LogP contribution is 2.14. The standard InChI is InChI=1S/C40H76N4/c1-3-5-7-9-11-13-15-17-19-21-23-25-27-29-31-41-33-35-43(39-41)37-38-44-36-34-42(40-44)32-30-28-26-24-22-20-18-16-14-12-10-8-6-4-2/h33-36,39-40H,3-32,37-38H2,1-2H3/q+2. The summed E-state index contributed by atoms with van der Waals surface area (Å²) in [6, 6.07) is 0. The summed E-state index contributed by atoms with van der Waals surface area (Å²) in [6.07, 6.45) is 53.5. The molecule has 44 heavy (non-hydrogen) atoms. The number of nitrogens with zero attached hydrogens (tertiary/aromatic N) is 4. The van der Waals surface area contributed by atoms with Gasteiger partial charge in [0.05, 0.1) is 13.1 Å². The van der Waals surface area contributed by atoms with E-state index < -0.39 is 0 Å². The van der Waals surface area contributed by atoms with E-state index in [1.165, 1.54) is 180 Å². The lowest BCUT2D eigenvalue weighted by Crippen LogP contribution is -2.31. The molecule has 0 amide bonds. The normalized spacial score (nSPS) is 11.6. The van der Waals surface area contributed by atoms with Gasteiger partial charge in [0.15, 0.2) is 0 Å². The fourth-order valence-corrected chi connectivity index (χ4v) is 6.62. The van der Waals surface area contributed by atoms with E-state index in [0.717, 1.165) is 26.2 Å². The van der Waals surface area contributed by atoms with Gasteiger partial charge in [-0.1, -0.05) is 168 Å². The molecule has 0 aliphatic heterocycles. The molecule has 2 rings (SSSR count). The number of aryl methyl sites for hydroxylation is 4. The lowest BCUT2D eigenvalue weighted by molar-refractivity contribution is -0.697. The Morgan fingerprint density at radius 1 is 0.341 bits per heavy atom. The molecule has 0 aliphatic carbocycles. The Kier molecular flexibility index (Phi) is 25.3. The number of hydrogen-bond acceptors (Lipinski definition) is 0. The Balaban J connectivity index is 1.37. The van der Waals surface area contributed by atoms with Crippen LogP contribution in [0, 0.1) is 0 Å². The predicted molar refractivity (Wildman–Crippen MR) is 190 cm³/mol. The molecule has 0 aromatic carbocycles. The molecule has 0 radical (unpaired) electrons. The van der Waals surface area contributed by atoms with Crippen LogP contribution in [0.25, 0.3) is 0 Å². The zero-order valence-electron chi connectivity index (χ0n) is 29.9. The molecule has 0 fully saturated rings. The summed E-state index contributed by atoms with van der Waals surface area (Å²) in [5.74, 6) is 0. The van der Waals surface area contributed by atoms with E-state index in [0.29, 0.717) is 0 Å². The summed E-state index contributed by atoms with van der Waals surface area (Å²) in [5, 5.41) is 0. The minimum atomic E-state index is 1.04. The van der Waals surface area contributed by atoms with Gasteiger partial charge in [-0.3, -0.25) is 0 Å². The van der Waals surface area contributed by atoms with Crippen LogP contribution in [0.4, 0.5) is 0 Å². The molecule has 2 aromatic rings. The number of imidazole rings is 2. The number of rotatable bonds is 33. The smallest absolute Gasteiger partial charge is 0.237 e. The van der Waals surface area contributed by atoms with Gasteiger partial charge in [-0.05, 0) is 25.7 Å². The molecular weight excluding hydrogens is 536 g/mol. The van der Waals surface area contributed by atoms with Crippen molar-refractivity contribution in [3.63, 3.8) is 0 Å². The van der Waals surface area contributed by atoms with Crippen molar-refractivity contribution >= 4 is 0 Å². The third-order valence-electron chi connectivity index (χ3n) is 9.65. The average molecular weight is 613 g/mol. The molecular formula is C40H76N4+2. The minimum absolute atomic E-state index is 1.04. The van der Waals surface area contributed by atoms with Crippen LogP contribution >= 0.6 is 0 Å². The van der Waals surface area contributed by atoms with Crippen molar-refractivity contribution in [3.05, 3.63) is 37.4 Å². The average Bonchev–Trinajstić information content (AvgIpc) is 3.69. The summed E-state index contributed by atoms with van der Waals surface area (Å²) < 4.78 is 9.46. The van der Waals surface area contributed by atoms with Crippen molar-refractivity contribution in [1.29, 1.82) is 0 Å². The van der Waals surface area contributed by atoms with Crippen molar-refractivity contribution < 1.29 is 9.13 Å². The lowest BCUT2D eigenvalue weighted by atomic mass is 10.0. The van der Waals surface area contributed by atoms with Gasteiger partial charge in [0.2, 0.25) is 12.7 Å². The topological polar surface area (TPSA) is 17.6 Å². The van der Waals surface area contributed by atoms with Crippen LogP contribution in [0.3, 0.4) is 0 Å². The van der Waals surface area contributed by atoms with E-state index in [1.54, 1.807) is 0 Å². The summed E-state index contributed by atoms with van der Waals surface area (Å²) in [6.45, 7) is 9.01. The molecule has 2 aromatic heterocycles. The molecule has 0 saturated heterocycles. The Morgan fingerprint density at radius 2 is 0.591 bits per heavy atom. The SMILES string of the molecule is CCCCCCCCCCCCCCCC[n+]1ccn(CCn2cc[n+](CCCCCCCCCCCCCCCC)c2)c1. The highest BCUT2D eigenvalue weighted by atomic mass is 15.2. The summed E-state index contributed by atoms with van der Waals surface area (Å²) in [4.78, 5) is 0. The van der Waals surface area contributed by atoms with Gasteiger partial charge >= 0.3 is 0 Å². The van der Waals surface area contributed by atoms with Crippen molar-refractivity contribution in [3.8, 4) is 0 Å². The van der Waals surface area contributed by atoms with Gasteiger partial charge in [0.1, 0.15) is 37.9 Å².